The highest BCUT2D eigenvalue weighted by Crippen LogP contribution is 2.44. The van der Waals surface area contributed by atoms with E-state index < -0.39 is 5.97 Å². The standard InChI is InChI=1S/C16H18N2O2S/c1-3-10-4-8-12(9-5-10)18(2)16-17-13(11-6-7-11)14(21-16)15(19)20/h4-5,8-9,11H,3,6-7H2,1-2H3,(H,19,20). The molecule has 0 radical (unpaired) electrons. The highest BCUT2D eigenvalue weighted by Gasteiger charge is 2.32. The van der Waals surface area contributed by atoms with E-state index in [1.54, 1.807) is 0 Å². The first-order chi connectivity index (χ1) is 10.1. The van der Waals surface area contributed by atoms with Gasteiger partial charge in [0, 0.05) is 18.7 Å². The average molecular weight is 302 g/mol. The predicted octanol–water partition coefficient (Wildman–Crippen LogP) is 4.05. The van der Waals surface area contributed by atoms with Crippen molar-refractivity contribution in [3.8, 4) is 0 Å². The van der Waals surface area contributed by atoms with Gasteiger partial charge in [0.05, 0.1) is 5.69 Å². The Hall–Kier alpha value is -1.88. The van der Waals surface area contributed by atoms with Crippen molar-refractivity contribution >= 4 is 28.1 Å². The smallest absolute Gasteiger partial charge is 0.347 e. The minimum atomic E-state index is -0.865. The molecule has 1 fully saturated rings. The van der Waals surface area contributed by atoms with Gasteiger partial charge in [0.1, 0.15) is 4.88 Å². The number of carboxylic acid groups (broad SMARTS) is 1. The summed E-state index contributed by atoms with van der Waals surface area (Å²) in [5.74, 6) is -0.521. The Bertz CT molecular complexity index is 659. The zero-order valence-corrected chi connectivity index (χ0v) is 13.0. The number of hydrogen-bond donors (Lipinski definition) is 1. The number of hydrogen-bond acceptors (Lipinski definition) is 4. The van der Waals surface area contributed by atoms with Crippen molar-refractivity contribution in [3.05, 3.63) is 40.4 Å². The fourth-order valence-corrected chi connectivity index (χ4v) is 3.29. The normalized spacial score (nSPS) is 14.2. The van der Waals surface area contributed by atoms with E-state index in [0.717, 1.165) is 35.8 Å². The van der Waals surface area contributed by atoms with Gasteiger partial charge in [-0.05, 0) is 37.0 Å². The highest BCUT2D eigenvalue weighted by molar-refractivity contribution is 7.17. The molecule has 3 rings (SSSR count). The van der Waals surface area contributed by atoms with Crippen LogP contribution in [-0.2, 0) is 6.42 Å². The molecule has 1 aromatic carbocycles. The largest absolute Gasteiger partial charge is 0.477 e. The molecular weight excluding hydrogens is 284 g/mol. The first-order valence-electron chi connectivity index (χ1n) is 7.16. The maximum Gasteiger partial charge on any atom is 0.347 e. The van der Waals surface area contributed by atoms with E-state index in [2.05, 4.69) is 36.2 Å². The van der Waals surface area contributed by atoms with Crippen LogP contribution in [0.4, 0.5) is 10.8 Å². The quantitative estimate of drug-likeness (QED) is 0.905. The van der Waals surface area contributed by atoms with Crippen molar-refractivity contribution in [2.75, 3.05) is 11.9 Å². The number of aryl methyl sites for hydroxylation is 1. The van der Waals surface area contributed by atoms with Crippen molar-refractivity contribution in [1.29, 1.82) is 0 Å². The molecule has 1 aromatic heterocycles. The Morgan fingerprint density at radius 2 is 2.05 bits per heavy atom. The Morgan fingerprint density at radius 3 is 2.57 bits per heavy atom. The van der Waals surface area contributed by atoms with Crippen LogP contribution in [0.3, 0.4) is 0 Å². The molecule has 4 nitrogen and oxygen atoms in total. The number of rotatable bonds is 5. The van der Waals surface area contributed by atoms with Crippen molar-refractivity contribution in [2.45, 2.75) is 32.1 Å². The maximum atomic E-state index is 11.4. The Morgan fingerprint density at radius 1 is 1.38 bits per heavy atom. The van der Waals surface area contributed by atoms with E-state index in [-0.39, 0.29) is 0 Å². The molecule has 1 N–H and O–H groups in total. The summed E-state index contributed by atoms with van der Waals surface area (Å²) in [5.41, 5.74) is 3.08. The summed E-state index contributed by atoms with van der Waals surface area (Å²) >= 11 is 1.26. The Balaban J connectivity index is 1.91. The van der Waals surface area contributed by atoms with Crippen molar-refractivity contribution in [3.63, 3.8) is 0 Å². The van der Waals surface area contributed by atoms with Gasteiger partial charge in [-0.2, -0.15) is 0 Å². The molecular formula is C16H18N2O2S. The van der Waals surface area contributed by atoms with Gasteiger partial charge in [-0.3, -0.25) is 0 Å². The van der Waals surface area contributed by atoms with Crippen LogP contribution in [0.5, 0.6) is 0 Å². The molecule has 1 aliphatic carbocycles. The molecule has 1 aliphatic rings. The minimum Gasteiger partial charge on any atom is -0.477 e. The number of benzene rings is 1. The number of aromatic carboxylic acids is 1. The number of thiazole rings is 1. The van der Waals surface area contributed by atoms with Gasteiger partial charge < -0.3 is 10.0 Å². The third kappa shape index (κ3) is 2.78. The third-order valence-electron chi connectivity index (χ3n) is 3.82. The molecule has 0 unspecified atom stereocenters. The number of nitrogens with zero attached hydrogens (tertiary/aromatic N) is 2. The van der Waals surface area contributed by atoms with Crippen LogP contribution in [0.25, 0.3) is 0 Å². The second-order valence-electron chi connectivity index (χ2n) is 5.37. The lowest BCUT2D eigenvalue weighted by Gasteiger charge is -2.16. The SMILES string of the molecule is CCc1ccc(N(C)c2nc(C3CC3)c(C(=O)O)s2)cc1. The van der Waals surface area contributed by atoms with Crippen LogP contribution in [0, 0.1) is 0 Å². The summed E-state index contributed by atoms with van der Waals surface area (Å²) in [6.45, 7) is 2.13. The van der Waals surface area contributed by atoms with Gasteiger partial charge in [0.25, 0.3) is 0 Å². The minimum absolute atomic E-state index is 0.344. The summed E-state index contributed by atoms with van der Waals surface area (Å²) in [6.07, 6.45) is 3.12. The van der Waals surface area contributed by atoms with E-state index in [1.165, 1.54) is 16.9 Å². The van der Waals surface area contributed by atoms with Crippen LogP contribution in [0.15, 0.2) is 24.3 Å². The van der Waals surface area contributed by atoms with Gasteiger partial charge >= 0.3 is 5.97 Å². The van der Waals surface area contributed by atoms with E-state index in [4.69, 9.17) is 0 Å². The molecule has 110 valence electrons. The van der Waals surface area contributed by atoms with Crippen molar-refractivity contribution < 1.29 is 9.90 Å². The average Bonchev–Trinajstić information content (AvgIpc) is 3.25. The Kier molecular flexibility index (Phi) is 3.68. The molecule has 0 saturated heterocycles. The molecule has 21 heavy (non-hydrogen) atoms. The lowest BCUT2D eigenvalue weighted by Crippen LogP contribution is -2.09. The molecule has 1 saturated carbocycles. The van der Waals surface area contributed by atoms with E-state index in [1.807, 2.05) is 11.9 Å². The monoisotopic (exact) mass is 302 g/mol. The number of anilines is 2. The van der Waals surface area contributed by atoms with E-state index in [9.17, 15) is 9.90 Å². The zero-order chi connectivity index (χ0) is 15.0. The number of aromatic nitrogens is 1. The summed E-state index contributed by atoms with van der Waals surface area (Å²) < 4.78 is 0. The second-order valence-corrected chi connectivity index (χ2v) is 6.35. The summed E-state index contributed by atoms with van der Waals surface area (Å²) in [7, 11) is 1.93. The topological polar surface area (TPSA) is 53.4 Å². The first kappa shape index (κ1) is 14.1. The van der Waals surface area contributed by atoms with E-state index >= 15 is 0 Å². The molecule has 0 bridgehead atoms. The highest BCUT2D eigenvalue weighted by atomic mass is 32.1. The van der Waals surface area contributed by atoms with Gasteiger partial charge in [-0.25, -0.2) is 9.78 Å². The summed E-state index contributed by atoms with van der Waals surface area (Å²) in [6, 6.07) is 8.30. The Labute approximate surface area is 128 Å². The molecule has 0 amide bonds. The van der Waals surface area contributed by atoms with Gasteiger partial charge in [0.15, 0.2) is 5.13 Å². The lowest BCUT2D eigenvalue weighted by atomic mass is 10.1. The zero-order valence-electron chi connectivity index (χ0n) is 12.2. The third-order valence-corrected chi connectivity index (χ3v) is 4.95. The predicted molar refractivity (Wildman–Crippen MR) is 84.9 cm³/mol. The lowest BCUT2D eigenvalue weighted by molar-refractivity contribution is 0.0700. The van der Waals surface area contributed by atoms with Crippen LogP contribution < -0.4 is 4.90 Å². The van der Waals surface area contributed by atoms with Crippen molar-refractivity contribution in [1.82, 2.24) is 4.98 Å². The van der Waals surface area contributed by atoms with E-state index in [0.29, 0.717) is 10.8 Å². The van der Waals surface area contributed by atoms with Crippen LogP contribution in [-0.4, -0.2) is 23.1 Å². The molecule has 5 heteroatoms. The number of carboxylic acids is 1. The van der Waals surface area contributed by atoms with Crippen LogP contribution in [0.2, 0.25) is 0 Å². The molecule has 0 aliphatic heterocycles. The van der Waals surface area contributed by atoms with Crippen LogP contribution >= 0.6 is 11.3 Å². The van der Waals surface area contributed by atoms with Crippen LogP contribution in [0.1, 0.15) is 46.6 Å². The molecule has 0 spiro atoms. The van der Waals surface area contributed by atoms with Crippen molar-refractivity contribution in [2.24, 2.45) is 0 Å². The fourth-order valence-electron chi connectivity index (χ4n) is 2.32. The number of carbonyl (C=O) groups is 1. The summed E-state index contributed by atoms with van der Waals surface area (Å²) in [4.78, 5) is 18.3. The molecule has 1 heterocycles. The summed E-state index contributed by atoms with van der Waals surface area (Å²) in [5, 5.41) is 10.1. The fraction of sp³-hybridized carbons (Fsp3) is 0.375. The van der Waals surface area contributed by atoms with Gasteiger partial charge in [0.2, 0.25) is 0 Å². The molecule has 0 atom stereocenters. The first-order valence-corrected chi connectivity index (χ1v) is 7.98. The van der Waals surface area contributed by atoms with Gasteiger partial charge in [-0.1, -0.05) is 30.4 Å². The van der Waals surface area contributed by atoms with Gasteiger partial charge in [-0.15, -0.1) is 0 Å². The molecule has 2 aromatic rings. The maximum absolute atomic E-state index is 11.4. The second kappa shape index (κ2) is 5.48.